The number of carboxylic acids is 1. The summed E-state index contributed by atoms with van der Waals surface area (Å²) in [7, 11) is 0. The highest BCUT2D eigenvalue weighted by atomic mass is 16.4. The molecule has 0 aliphatic carbocycles. The maximum absolute atomic E-state index is 12.7. The topological polar surface area (TPSA) is 109 Å². The lowest BCUT2D eigenvalue weighted by Gasteiger charge is -2.16. The van der Waals surface area contributed by atoms with Crippen molar-refractivity contribution >= 4 is 28.6 Å². The van der Waals surface area contributed by atoms with Gasteiger partial charge in [-0.1, -0.05) is 48.5 Å². The number of fused-ring (bicyclic) bond motifs is 1. The van der Waals surface area contributed by atoms with Gasteiger partial charge in [0.2, 0.25) is 5.91 Å². The molecular weight excluding hydrogens is 344 g/mol. The van der Waals surface area contributed by atoms with Crippen LogP contribution in [0, 0.1) is 0 Å². The zero-order valence-corrected chi connectivity index (χ0v) is 14.4. The Balaban J connectivity index is 1.80. The lowest BCUT2D eigenvalue weighted by molar-refractivity contribution is -0.119. The average molecular weight is 362 g/mol. The van der Waals surface area contributed by atoms with Crippen molar-refractivity contribution in [2.24, 2.45) is 5.73 Å². The van der Waals surface area contributed by atoms with Gasteiger partial charge in [-0.05, 0) is 34.5 Å². The third-order valence-electron chi connectivity index (χ3n) is 4.32. The average Bonchev–Trinajstić information content (AvgIpc) is 2.67. The molecule has 0 radical (unpaired) electrons. The molecule has 0 saturated heterocycles. The largest absolute Gasteiger partial charge is 0.478 e. The van der Waals surface area contributed by atoms with E-state index in [0.29, 0.717) is 11.1 Å². The normalized spacial score (nSPS) is 11.7. The maximum Gasteiger partial charge on any atom is 0.335 e. The molecule has 3 aromatic carbocycles. The van der Waals surface area contributed by atoms with Gasteiger partial charge in [0.1, 0.15) is 6.04 Å². The smallest absolute Gasteiger partial charge is 0.335 e. The van der Waals surface area contributed by atoms with Crippen LogP contribution in [0.1, 0.15) is 26.3 Å². The minimum Gasteiger partial charge on any atom is -0.478 e. The number of nitrogens with two attached hydrogens (primary N) is 1. The number of primary amides is 1. The van der Waals surface area contributed by atoms with E-state index in [1.54, 1.807) is 24.3 Å². The Kier molecular flexibility index (Phi) is 5.17. The summed E-state index contributed by atoms with van der Waals surface area (Å²) in [5.41, 5.74) is 6.76. The second-order valence-corrected chi connectivity index (χ2v) is 6.16. The zero-order valence-electron chi connectivity index (χ0n) is 14.4. The zero-order chi connectivity index (χ0) is 19.4. The Labute approximate surface area is 155 Å². The molecule has 3 rings (SSSR count). The van der Waals surface area contributed by atoms with Gasteiger partial charge in [0.05, 0.1) is 5.56 Å². The molecule has 136 valence electrons. The molecule has 6 heteroatoms. The fourth-order valence-corrected chi connectivity index (χ4v) is 2.90. The summed E-state index contributed by atoms with van der Waals surface area (Å²) in [6, 6.07) is 18.0. The first-order chi connectivity index (χ1) is 13.0. The summed E-state index contributed by atoms with van der Waals surface area (Å²) >= 11 is 0. The van der Waals surface area contributed by atoms with Gasteiger partial charge in [0.25, 0.3) is 5.91 Å². The van der Waals surface area contributed by atoms with E-state index in [2.05, 4.69) is 5.32 Å². The van der Waals surface area contributed by atoms with Crippen LogP contribution < -0.4 is 11.1 Å². The molecule has 1 atom stereocenters. The predicted molar refractivity (Wildman–Crippen MR) is 102 cm³/mol. The Hall–Kier alpha value is -3.67. The second-order valence-electron chi connectivity index (χ2n) is 6.16. The van der Waals surface area contributed by atoms with Crippen LogP contribution in [0.2, 0.25) is 0 Å². The summed E-state index contributed by atoms with van der Waals surface area (Å²) in [6.07, 6.45) is 0.172. The molecule has 6 nitrogen and oxygen atoms in total. The van der Waals surface area contributed by atoms with Crippen molar-refractivity contribution in [2.45, 2.75) is 12.5 Å². The van der Waals surface area contributed by atoms with Crippen molar-refractivity contribution in [3.05, 3.63) is 83.4 Å². The van der Waals surface area contributed by atoms with Gasteiger partial charge < -0.3 is 16.2 Å². The molecule has 0 heterocycles. The number of carbonyl (C=O) groups excluding carboxylic acids is 2. The fourth-order valence-electron chi connectivity index (χ4n) is 2.90. The van der Waals surface area contributed by atoms with Crippen LogP contribution in [-0.4, -0.2) is 28.9 Å². The summed E-state index contributed by atoms with van der Waals surface area (Å²) in [5, 5.41) is 13.3. The van der Waals surface area contributed by atoms with Crippen LogP contribution >= 0.6 is 0 Å². The van der Waals surface area contributed by atoms with Crippen LogP contribution in [-0.2, 0) is 11.2 Å². The Morgan fingerprint density at radius 2 is 1.59 bits per heavy atom. The number of rotatable bonds is 6. The lowest BCUT2D eigenvalue weighted by Crippen LogP contribution is -2.45. The number of nitrogens with one attached hydrogen (secondary N) is 1. The Morgan fingerprint density at radius 1 is 0.926 bits per heavy atom. The summed E-state index contributed by atoms with van der Waals surface area (Å²) in [4.78, 5) is 35.5. The molecule has 0 aliphatic heterocycles. The summed E-state index contributed by atoms with van der Waals surface area (Å²) < 4.78 is 0. The first-order valence-corrected chi connectivity index (χ1v) is 8.36. The van der Waals surface area contributed by atoms with E-state index in [-0.39, 0.29) is 12.0 Å². The number of hydrogen-bond acceptors (Lipinski definition) is 3. The number of hydrogen-bond donors (Lipinski definition) is 3. The van der Waals surface area contributed by atoms with Gasteiger partial charge >= 0.3 is 5.97 Å². The molecule has 4 N–H and O–H groups in total. The number of aromatic carboxylic acids is 1. The van der Waals surface area contributed by atoms with E-state index in [0.717, 1.165) is 10.8 Å². The number of benzene rings is 3. The van der Waals surface area contributed by atoms with Crippen LogP contribution in [0.5, 0.6) is 0 Å². The van der Waals surface area contributed by atoms with E-state index < -0.39 is 23.8 Å². The van der Waals surface area contributed by atoms with Crippen LogP contribution in [0.3, 0.4) is 0 Å². The van der Waals surface area contributed by atoms with Crippen molar-refractivity contribution in [2.75, 3.05) is 0 Å². The number of amides is 2. The predicted octanol–water partition coefficient (Wildman–Crippen LogP) is 2.36. The van der Waals surface area contributed by atoms with Gasteiger partial charge in [0, 0.05) is 12.0 Å². The van der Waals surface area contributed by atoms with Crippen molar-refractivity contribution in [3.8, 4) is 0 Å². The third kappa shape index (κ3) is 4.12. The highest BCUT2D eigenvalue weighted by Crippen LogP contribution is 2.18. The molecule has 2 amide bonds. The molecule has 0 aromatic heterocycles. The van der Waals surface area contributed by atoms with E-state index in [9.17, 15) is 14.4 Å². The highest BCUT2D eigenvalue weighted by Gasteiger charge is 2.20. The molecule has 3 aromatic rings. The first kappa shape index (κ1) is 18.1. The maximum atomic E-state index is 12.7. The van der Waals surface area contributed by atoms with E-state index in [4.69, 9.17) is 10.8 Å². The molecule has 0 bridgehead atoms. The molecule has 0 spiro atoms. The van der Waals surface area contributed by atoms with E-state index in [1.165, 1.54) is 12.1 Å². The molecular formula is C21H18N2O4. The van der Waals surface area contributed by atoms with Crippen LogP contribution in [0.15, 0.2) is 66.7 Å². The van der Waals surface area contributed by atoms with Gasteiger partial charge in [0.15, 0.2) is 0 Å². The molecule has 0 fully saturated rings. The molecule has 27 heavy (non-hydrogen) atoms. The van der Waals surface area contributed by atoms with E-state index in [1.807, 2.05) is 30.3 Å². The molecule has 0 aliphatic rings. The lowest BCUT2D eigenvalue weighted by atomic mass is 10.0. The summed E-state index contributed by atoms with van der Waals surface area (Å²) in [6.45, 7) is 0. The Bertz CT molecular complexity index is 1010. The van der Waals surface area contributed by atoms with Gasteiger partial charge in [-0.2, -0.15) is 0 Å². The highest BCUT2D eigenvalue weighted by molar-refractivity contribution is 6.08. The third-order valence-corrected chi connectivity index (χ3v) is 4.32. The van der Waals surface area contributed by atoms with Crippen molar-refractivity contribution in [3.63, 3.8) is 0 Å². The standard InChI is InChI=1S/C21H18N2O4/c22-19(24)18(12-13-8-10-15(11-9-13)21(26)27)23-20(25)17-7-3-5-14-4-1-2-6-16(14)17/h1-11,18H,12H2,(H2,22,24)(H,23,25)(H,26,27)/t18-/m1/s1. The monoisotopic (exact) mass is 362 g/mol. The number of carbonyl (C=O) groups is 3. The van der Waals surface area contributed by atoms with Crippen molar-refractivity contribution in [1.29, 1.82) is 0 Å². The minimum absolute atomic E-state index is 0.147. The van der Waals surface area contributed by atoms with Crippen LogP contribution in [0.25, 0.3) is 10.8 Å². The fraction of sp³-hybridized carbons (Fsp3) is 0.0952. The van der Waals surface area contributed by atoms with Gasteiger partial charge in [-0.15, -0.1) is 0 Å². The Morgan fingerprint density at radius 3 is 2.26 bits per heavy atom. The van der Waals surface area contributed by atoms with Gasteiger partial charge in [-0.3, -0.25) is 9.59 Å². The molecule has 0 saturated carbocycles. The van der Waals surface area contributed by atoms with Gasteiger partial charge in [-0.25, -0.2) is 4.79 Å². The second kappa shape index (κ2) is 7.70. The number of carboxylic acid groups (broad SMARTS) is 1. The van der Waals surface area contributed by atoms with E-state index >= 15 is 0 Å². The minimum atomic E-state index is -1.03. The van der Waals surface area contributed by atoms with Crippen molar-refractivity contribution in [1.82, 2.24) is 5.32 Å². The first-order valence-electron chi connectivity index (χ1n) is 8.36. The van der Waals surface area contributed by atoms with Crippen molar-refractivity contribution < 1.29 is 19.5 Å². The summed E-state index contributed by atoms with van der Waals surface area (Å²) in [5.74, 6) is -2.08. The SMILES string of the molecule is NC(=O)[C@@H](Cc1ccc(C(=O)O)cc1)NC(=O)c1cccc2ccccc12. The molecule has 0 unspecified atom stereocenters. The quantitative estimate of drug-likeness (QED) is 0.625. The van der Waals surface area contributed by atoms with Crippen LogP contribution in [0.4, 0.5) is 0 Å².